The highest BCUT2D eigenvalue weighted by atomic mass is 35.5. The molecule has 1 rings (SSSR count). The average Bonchev–Trinajstić information content (AvgIpc) is 2.29. The van der Waals surface area contributed by atoms with Crippen molar-refractivity contribution in [2.75, 3.05) is 24.7 Å². The van der Waals surface area contributed by atoms with Gasteiger partial charge < -0.3 is 5.73 Å². The van der Waals surface area contributed by atoms with Gasteiger partial charge in [0.1, 0.15) is 0 Å². The van der Waals surface area contributed by atoms with Crippen LogP contribution < -0.4 is 5.73 Å². The highest BCUT2D eigenvalue weighted by Gasteiger charge is 2.30. The number of unbranched alkanes of at least 4 members (excludes halogenated alkanes) is 1. The fourth-order valence-corrected chi connectivity index (χ4v) is 3.77. The van der Waals surface area contributed by atoms with Crippen LogP contribution in [-0.4, -0.2) is 43.4 Å². The Bertz CT molecular complexity index is 359. The van der Waals surface area contributed by atoms with E-state index in [9.17, 15) is 13.2 Å². The molecular weight excluding hydrogens is 264 g/mol. The van der Waals surface area contributed by atoms with Crippen molar-refractivity contribution in [3.05, 3.63) is 0 Å². The van der Waals surface area contributed by atoms with Crippen LogP contribution in [0.2, 0.25) is 0 Å². The third kappa shape index (κ3) is 4.44. The Morgan fingerprint density at radius 3 is 2.71 bits per heavy atom. The van der Waals surface area contributed by atoms with Gasteiger partial charge in [0.25, 0.3) is 0 Å². The lowest BCUT2D eigenvalue weighted by Crippen LogP contribution is -2.44. The summed E-state index contributed by atoms with van der Waals surface area (Å²) in [4.78, 5) is 11.1. The smallest absolute Gasteiger partial charge is 0.221 e. The minimum Gasteiger partial charge on any atom is -0.369 e. The maximum absolute atomic E-state index is 12.0. The van der Waals surface area contributed by atoms with Crippen molar-refractivity contribution in [1.29, 1.82) is 0 Å². The highest BCUT2D eigenvalue weighted by molar-refractivity contribution is 7.89. The molecule has 1 heterocycles. The summed E-state index contributed by atoms with van der Waals surface area (Å²) < 4.78 is 25.3. The molecule has 100 valence electrons. The molecule has 1 unspecified atom stereocenters. The van der Waals surface area contributed by atoms with Gasteiger partial charge in [0, 0.05) is 19.0 Å². The Morgan fingerprint density at radius 1 is 1.41 bits per heavy atom. The van der Waals surface area contributed by atoms with Crippen molar-refractivity contribution in [3.8, 4) is 0 Å². The number of rotatable bonds is 6. The van der Waals surface area contributed by atoms with Crippen LogP contribution in [0.5, 0.6) is 0 Å². The standard InChI is InChI=1S/C10H19ClN2O3S/c11-5-1-2-7-17(15,16)13-6-3-4-9(8-13)10(12)14/h9H,1-8H2,(H2,12,14). The molecule has 7 heteroatoms. The molecule has 0 saturated carbocycles. The molecule has 1 atom stereocenters. The first-order valence-electron chi connectivity index (χ1n) is 5.80. The summed E-state index contributed by atoms with van der Waals surface area (Å²) in [5.41, 5.74) is 5.22. The lowest BCUT2D eigenvalue weighted by molar-refractivity contribution is -0.122. The molecule has 2 N–H and O–H groups in total. The largest absolute Gasteiger partial charge is 0.369 e. The van der Waals surface area contributed by atoms with Gasteiger partial charge in [-0.2, -0.15) is 0 Å². The molecule has 0 aromatic heterocycles. The van der Waals surface area contributed by atoms with Crippen LogP contribution in [0.3, 0.4) is 0 Å². The van der Waals surface area contributed by atoms with E-state index in [1.54, 1.807) is 0 Å². The third-order valence-corrected chi connectivity index (χ3v) is 5.16. The van der Waals surface area contributed by atoms with Gasteiger partial charge in [0.2, 0.25) is 15.9 Å². The van der Waals surface area contributed by atoms with E-state index in [0.717, 1.165) is 0 Å². The van der Waals surface area contributed by atoms with Crippen molar-refractivity contribution in [2.45, 2.75) is 25.7 Å². The predicted octanol–water partition coefficient (Wildman–Crippen LogP) is 0.532. The number of nitrogens with zero attached hydrogens (tertiary/aromatic N) is 1. The van der Waals surface area contributed by atoms with E-state index in [1.807, 2.05) is 0 Å². The molecule has 1 aliphatic heterocycles. The van der Waals surface area contributed by atoms with E-state index >= 15 is 0 Å². The Morgan fingerprint density at radius 2 is 2.12 bits per heavy atom. The molecule has 17 heavy (non-hydrogen) atoms. The zero-order valence-electron chi connectivity index (χ0n) is 9.77. The second-order valence-corrected chi connectivity index (χ2v) is 6.78. The normalized spacial score (nSPS) is 22.5. The van der Waals surface area contributed by atoms with Crippen LogP contribution in [0.25, 0.3) is 0 Å². The van der Waals surface area contributed by atoms with Gasteiger partial charge in [-0.1, -0.05) is 0 Å². The molecular formula is C10H19ClN2O3S. The fourth-order valence-electron chi connectivity index (χ4n) is 1.94. The second-order valence-electron chi connectivity index (χ2n) is 4.31. The molecule has 0 aliphatic carbocycles. The molecule has 1 amide bonds. The van der Waals surface area contributed by atoms with Gasteiger partial charge in [-0.3, -0.25) is 4.79 Å². The quantitative estimate of drug-likeness (QED) is 0.570. The Balaban J connectivity index is 2.55. The molecule has 0 radical (unpaired) electrons. The Kier molecular flexibility index (Phi) is 5.69. The Labute approximate surface area is 107 Å². The lowest BCUT2D eigenvalue weighted by Gasteiger charge is -2.30. The molecule has 0 aromatic carbocycles. The second kappa shape index (κ2) is 6.56. The van der Waals surface area contributed by atoms with Crippen LogP contribution in [0.15, 0.2) is 0 Å². The van der Waals surface area contributed by atoms with Crippen LogP contribution in [0, 0.1) is 5.92 Å². The zero-order valence-corrected chi connectivity index (χ0v) is 11.3. The number of halogens is 1. The number of carbonyl (C=O) groups is 1. The van der Waals surface area contributed by atoms with Gasteiger partial charge in [-0.25, -0.2) is 12.7 Å². The van der Waals surface area contributed by atoms with E-state index < -0.39 is 15.9 Å². The first-order valence-corrected chi connectivity index (χ1v) is 7.95. The molecule has 0 aromatic rings. The van der Waals surface area contributed by atoms with Gasteiger partial charge in [0.05, 0.1) is 11.7 Å². The molecule has 1 aliphatic rings. The van der Waals surface area contributed by atoms with Crippen molar-refractivity contribution < 1.29 is 13.2 Å². The topological polar surface area (TPSA) is 80.5 Å². The number of amides is 1. The summed E-state index contributed by atoms with van der Waals surface area (Å²) in [5.74, 6) is -0.179. The van der Waals surface area contributed by atoms with E-state index in [1.165, 1.54) is 4.31 Å². The van der Waals surface area contributed by atoms with Gasteiger partial charge in [-0.15, -0.1) is 11.6 Å². The summed E-state index contributed by atoms with van der Waals surface area (Å²) in [6.45, 7) is 0.728. The number of hydrogen-bond donors (Lipinski definition) is 1. The van der Waals surface area contributed by atoms with Crippen molar-refractivity contribution >= 4 is 27.5 Å². The number of alkyl halides is 1. The first kappa shape index (κ1) is 14.7. The van der Waals surface area contributed by atoms with Crippen molar-refractivity contribution in [2.24, 2.45) is 11.7 Å². The number of nitrogens with two attached hydrogens (primary N) is 1. The zero-order chi connectivity index (χ0) is 12.9. The predicted molar refractivity (Wildman–Crippen MR) is 67.2 cm³/mol. The molecule has 0 bridgehead atoms. The molecule has 1 saturated heterocycles. The third-order valence-electron chi connectivity index (χ3n) is 2.97. The van der Waals surface area contributed by atoms with E-state index in [4.69, 9.17) is 17.3 Å². The van der Waals surface area contributed by atoms with Crippen molar-refractivity contribution in [1.82, 2.24) is 4.31 Å². The maximum atomic E-state index is 12.0. The number of piperidine rings is 1. The monoisotopic (exact) mass is 282 g/mol. The number of primary amides is 1. The van der Waals surface area contributed by atoms with Crippen LogP contribution >= 0.6 is 11.6 Å². The van der Waals surface area contributed by atoms with E-state index in [0.29, 0.717) is 38.1 Å². The first-order chi connectivity index (χ1) is 7.97. The summed E-state index contributed by atoms with van der Waals surface area (Å²) in [6, 6.07) is 0. The minimum absolute atomic E-state index is 0.102. The average molecular weight is 283 g/mol. The summed E-state index contributed by atoms with van der Waals surface area (Å²) in [6.07, 6.45) is 2.63. The van der Waals surface area contributed by atoms with E-state index in [-0.39, 0.29) is 18.2 Å². The van der Waals surface area contributed by atoms with Crippen LogP contribution in [0.4, 0.5) is 0 Å². The SMILES string of the molecule is NC(=O)C1CCCN(S(=O)(=O)CCCCCl)C1. The number of sulfonamides is 1. The minimum atomic E-state index is -3.26. The van der Waals surface area contributed by atoms with Crippen LogP contribution in [0.1, 0.15) is 25.7 Å². The Hall–Kier alpha value is -0.330. The maximum Gasteiger partial charge on any atom is 0.221 e. The molecule has 5 nitrogen and oxygen atoms in total. The summed E-state index contributed by atoms with van der Waals surface area (Å²) in [7, 11) is -3.26. The van der Waals surface area contributed by atoms with Gasteiger partial charge in [-0.05, 0) is 25.7 Å². The van der Waals surface area contributed by atoms with Crippen molar-refractivity contribution in [3.63, 3.8) is 0 Å². The lowest BCUT2D eigenvalue weighted by atomic mass is 9.99. The van der Waals surface area contributed by atoms with Gasteiger partial charge >= 0.3 is 0 Å². The fraction of sp³-hybridized carbons (Fsp3) is 0.900. The number of carbonyl (C=O) groups excluding carboxylic acids is 1. The van der Waals surface area contributed by atoms with Gasteiger partial charge in [0.15, 0.2) is 0 Å². The number of hydrogen-bond acceptors (Lipinski definition) is 3. The van der Waals surface area contributed by atoms with Crippen LogP contribution in [-0.2, 0) is 14.8 Å². The van der Waals surface area contributed by atoms with E-state index in [2.05, 4.69) is 0 Å². The molecule has 1 fully saturated rings. The summed E-state index contributed by atoms with van der Waals surface area (Å²) in [5, 5.41) is 0. The summed E-state index contributed by atoms with van der Waals surface area (Å²) >= 11 is 5.51. The highest BCUT2D eigenvalue weighted by Crippen LogP contribution is 2.19. The molecule has 0 spiro atoms.